The van der Waals surface area contributed by atoms with Gasteiger partial charge in [0.15, 0.2) is 0 Å². The summed E-state index contributed by atoms with van der Waals surface area (Å²) in [5.41, 5.74) is 3.58. The molecule has 0 bridgehead atoms. The van der Waals surface area contributed by atoms with E-state index in [9.17, 15) is 0 Å². The molecule has 0 rings (SSSR count). The molecule has 0 aromatic rings. The molecular formula is C4H9ClN+. The Morgan fingerprint density at radius 1 is 1.50 bits per heavy atom. The lowest BCUT2D eigenvalue weighted by molar-refractivity contribution is -0.352. The highest BCUT2D eigenvalue weighted by molar-refractivity contribution is 6.18. The maximum atomic E-state index is 5.27. The Balaban J connectivity index is 2.73. The second kappa shape index (κ2) is 4.99. The topological polar surface area (TPSA) is 27.6 Å². The van der Waals surface area contributed by atoms with E-state index < -0.39 is 0 Å². The number of hydrogen-bond donors (Lipinski definition) is 1. The Morgan fingerprint density at radius 3 is 2.33 bits per heavy atom. The molecular weight excluding hydrogens is 97.5 g/mol. The largest absolute Gasteiger partial charge is 0.354 e. The maximum Gasteiger partial charge on any atom is 0.0927 e. The predicted molar refractivity (Wildman–Crippen MR) is 27.6 cm³/mol. The molecule has 0 aromatic carbocycles. The molecule has 6 heavy (non-hydrogen) atoms. The van der Waals surface area contributed by atoms with E-state index in [0.29, 0.717) is 5.88 Å². The zero-order valence-corrected chi connectivity index (χ0v) is 4.41. The summed E-state index contributed by atoms with van der Waals surface area (Å²) in [6, 6.07) is 0. The van der Waals surface area contributed by atoms with E-state index in [1.54, 1.807) is 0 Å². The number of rotatable bonds is 2. The fourth-order valence-electron chi connectivity index (χ4n) is 0.181. The van der Waals surface area contributed by atoms with Crippen molar-refractivity contribution in [2.45, 2.75) is 0 Å². The van der Waals surface area contributed by atoms with Crippen LogP contribution in [0.15, 0.2) is 12.2 Å². The summed E-state index contributed by atoms with van der Waals surface area (Å²) >= 11 is 5.27. The average molecular weight is 107 g/mol. The van der Waals surface area contributed by atoms with Crippen LogP contribution in [0.1, 0.15) is 0 Å². The van der Waals surface area contributed by atoms with Crippen molar-refractivity contribution in [3.8, 4) is 0 Å². The van der Waals surface area contributed by atoms with E-state index in [0.717, 1.165) is 6.54 Å². The fraction of sp³-hybridized carbons (Fsp3) is 0.500. The molecule has 0 aliphatic heterocycles. The van der Waals surface area contributed by atoms with Crippen LogP contribution in [0.2, 0.25) is 0 Å². The third-order valence-electron chi connectivity index (χ3n) is 0.422. The lowest BCUT2D eigenvalue weighted by Crippen LogP contribution is -2.49. The van der Waals surface area contributed by atoms with Crippen LogP contribution in [0.5, 0.6) is 0 Å². The molecule has 3 N–H and O–H groups in total. The summed E-state index contributed by atoms with van der Waals surface area (Å²) in [5, 5.41) is 0. The summed E-state index contributed by atoms with van der Waals surface area (Å²) in [4.78, 5) is 0. The molecule has 0 spiro atoms. The van der Waals surface area contributed by atoms with E-state index in [4.69, 9.17) is 11.6 Å². The molecule has 0 heterocycles. The standard InChI is InChI=1S/C4H8ClN/c5-3-1-2-4-6/h1-2H,3-4,6H2/p+1/b2-1-. The van der Waals surface area contributed by atoms with Gasteiger partial charge in [0.05, 0.1) is 6.54 Å². The molecule has 0 radical (unpaired) electrons. The molecule has 2 heteroatoms. The zero-order valence-electron chi connectivity index (χ0n) is 3.65. The first-order valence-corrected chi connectivity index (χ1v) is 2.45. The van der Waals surface area contributed by atoms with Crippen molar-refractivity contribution in [3.63, 3.8) is 0 Å². The van der Waals surface area contributed by atoms with Gasteiger partial charge in [-0.05, 0) is 6.08 Å². The van der Waals surface area contributed by atoms with E-state index in [1.165, 1.54) is 0 Å². The molecule has 0 aliphatic carbocycles. The number of hydrogen-bond acceptors (Lipinski definition) is 0. The number of allylic oxidation sites excluding steroid dienone is 1. The van der Waals surface area contributed by atoms with Crippen molar-refractivity contribution in [1.29, 1.82) is 0 Å². The Labute approximate surface area is 42.8 Å². The highest BCUT2D eigenvalue weighted by Gasteiger charge is 1.63. The van der Waals surface area contributed by atoms with Crippen molar-refractivity contribution in [1.82, 2.24) is 0 Å². The summed E-state index contributed by atoms with van der Waals surface area (Å²) < 4.78 is 0. The van der Waals surface area contributed by atoms with Crippen molar-refractivity contribution >= 4 is 11.6 Å². The smallest absolute Gasteiger partial charge is 0.0927 e. The molecule has 0 saturated carbocycles. The van der Waals surface area contributed by atoms with Crippen molar-refractivity contribution < 1.29 is 5.73 Å². The molecule has 0 unspecified atom stereocenters. The molecule has 0 atom stereocenters. The van der Waals surface area contributed by atoms with Gasteiger partial charge in [0.1, 0.15) is 0 Å². The second-order valence-corrected chi connectivity index (χ2v) is 1.22. The van der Waals surface area contributed by atoms with E-state index in [-0.39, 0.29) is 0 Å². The lowest BCUT2D eigenvalue weighted by Gasteiger charge is -1.69. The van der Waals surface area contributed by atoms with Gasteiger partial charge in [-0.15, -0.1) is 11.6 Å². The fourth-order valence-corrected chi connectivity index (χ4v) is 0.307. The van der Waals surface area contributed by atoms with Crippen LogP contribution in [0.25, 0.3) is 0 Å². The number of alkyl halides is 1. The Bertz CT molecular complexity index is 36.8. The first kappa shape index (κ1) is 5.99. The minimum Gasteiger partial charge on any atom is -0.354 e. The molecule has 1 nitrogen and oxygen atoms in total. The lowest BCUT2D eigenvalue weighted by atomic mass is 10.5. The molecule has 0 aromatic heterocycles. The minimum absolute atomic E-state index is 0.607. The number of quaternary nitrogens is 1. The van der Waals surface area contributed by atoms with Crippen LogP contribution in [-0.4, -0.2) is 12.4 Å². The molecule has 0 aliphatic rings. The maximum absolute atomic E-state index is 5.27. The molecule has 0 amide bonds. The third kappa shape index (κ3) is 3.99. The Hall–Kier alpha value is -0.0100. The molecule has 0 saturated heterocycles. The quantitative estimate of drug-likeness (QED) is 0.380. The van der Waals surface area contributed by atoms with E-state index in [2.05, 4.69) is 5.73 Å². The zero-order chi connectivity index (χ0) is 4.83. The van der Waals surface area contributed by atoms with Gasteiger partial charge in [-0.3, -0.25) is 0 Å². The Morgan fingerprint density at radius 2 is 2.17 bits per heavy atom. The highest BCUT2D eigenvalue weighted by atomic mass is 35.5. The van der Waals surface area contributed by atoms with Crippen molar-refractivity contribution in [2.24, 2.45) is 0 Å². The van der Waals surface area contributed by atoms with Gasteiger partial charge >= 0.3 is 0 Å². The van der Waals surface area contributed by atoms with Crippen LogP contribution in [0, 0.1) is 0 Å². The van der Waals surface area contributed by atoms with Crippen LogP contribution in [-0.2, 0) is 0 Å². The SMILES string of the molecule is [NH3+]C/C=C\CCl. The predicted octanol–water partition coefficient (Wildman–Crippen LogP) is 0.0233. The monoisotopic (exact) mass is 106 g/mol. The Kier molecular flexibility index (Phi) is 4.98. The van der Waals surface area contributed by atoms with E-state index in [1.807, 2.05) is 12.2 Å². The number of halogens is 1. The van der Waals surface area contributed by atoms with Crippen molar-refractivity contribution in [3.05, 3.63) is 12.2 Å². The van der Waals surface area contributed by atoms with Gasteiger partial charge in [0.2, 0.25) is 0 Å². The normalized spacial score (nSPS) is 10.3. The summed E-state index contributed by atoms with van der Waals surface area (Å²) in [6.45, 7) is 0.840. The summed E-state index contributed by atoms with van der Waals surface area (Å²) in [7, 11) is 0. The van der Waals surface area contributed by atoms with Crippen LogP contribution < -0.4 is 5.73 Å². The molecule has 0 fully saturated rings. The van der Waals surface area contributed by atoms with Crippen molar-refractivity contribution in [2.75, 3.05) is 12.4 Å². The van der Waals surface area contributed by atoms with E-state index >= 15 is 0 Å². The van der Waals surface area contributed by atoms with Gasteiger partial charge < -0.3 is 5.73 Å². The van der Waals surface area contributed by atoms with Crippen LogP contribution >= 0.6 is 11.6 Å². The second-order valence-electron chi connectivity index (χ2n) is 0.914. The summed E-state index contributed by atoms with van der Waals surface area (Å²) in [6.07, 6.45) is 3.82. The van der Waals surface area contributed by atoms with Gasteiger partial charge in [-0.2, -0.15) is 0 Å². The van der Waals surface area contributed by atoms with Gasteiger partial charge in [0.25, 0.3) is 0 Å². The first-order valence-electron chi connectivity index (χ1n) is 1.92. The first-order chi connectivity index (χ1) is 2.91. The third-order valence-corrected chi connectivity index (χ3v) is 0.601. The van der Waals surface area contributed by atoms with Crippen LogP contribution in [0.4, 0.5) is 0 Å². The highest BCUT2D eigenvalue weighted by Crippen LogP contribution is 1.72. The van der Waals surface area contributed by atoms with Gasteiger partial charge in [0, 0.05) is 5.88 Å². The average Bonchev–Trinajstić information content (AvgIpc) is 1.61. The van der Waals surface area contributed by atoms with Gasteiger partial charge in [-0.1, -0.05) is 6.08 Å². The molecule has 36 valence electrons. The van der Waals surface area contributed by atoms with Crippen LogP contribution in [0.3, 0.4) is 0 Å². The minimum atomic E-state index is 0.607. The summed E-state index contributed by atoms with van der Waals surface area (Å²) in [5.74, 6) is 0.607. The van der Waals surface area contributed by atoms with Gasteiger partial charge in [-0.25, -0.2) is 0 Å².